The molecule has 0 atom stereocenters. The summed E-state index contributed by atoms with van der Waals surface area (Å²) in [5.41, 5.74) is 2.39. The molecule has 27 heavy (non-hydrogen) atoms. The zero-order valence-electron chi connectivity index (χ0n) is 15.0. The summed E-state index contributed by atoms with van der Waals surface area (Å²) in [6, 6.07) is 12.6. The van der Waals surface area contributed by atoms with Gasteiger partial charge >= 0.3 is 0 Å². The van der Waals surface area contributed by atoms with Gasteiger partial charge in [-0.15, -0.1) is 5.10 Å². The minimum Gasteiger partial charge on any atom is -0.491 e. The molecule has 0 spiro atoms. The maximum atomic E-state index is 12.5. The van der Waals surface area contributed by atoms with Crippen LogP contribution in [-0.2, 0) is 4.74 Å². The Morgan fingerprint density at radius 1 is 1.22 bits per heavy atom. The van der Waals surface area contributed by atoms with Crippen LogP contribution in [0, 0.1) is 6.92 Å². The number of amides is 1. The second-order valence-corrected chi connectivity index (χ2v) is 6.18. The fraction of sp³-hybridized carbons (Fsp3) is 0.211. The van der Waals surface area contributed by atoms with Crippen LogP contribution in [0.2, 0.25) is 5.02 Å². The molecule has 3 aromatic rings. The number of carbonyl (C=O) groups is 1. The number of hydrogen-bond acceptors (Lipinski definition) is 5. The number of aromatic nitrogens is 3. The summed E-state index contributed by atoms with van der Waals surface area (Å²) < 4.78 is 12.0. The lowest BCUT2D eigenvalue weighted by molar-refractivity contribution is 0.102. The Bertz CT molecular complexity index is 942. The highest BCUT2D eigenvalue weighted by molar-refractivity contribution is 6.32. The lowest BCUT2D eigenvalue weighted by Gasteiger charge is -2.10. The second-order valence-electron chi connectivity index (χ2n) is 5.77. The highest BCUT2D eigenvalue weighted by Crippen LogP contribution is 2.22. The predicted octanol–water partition coefficient (Wildman–Crippen LogP) is 3.51. The van der Waals surface area contributed by atoms with Gasteiger partial charge in [0.25, 0.3) is 5.91 Å². The van der Waals surface area contributed by atoms with E-state index in [4.69, 9.17) is 21.1 Å². The maximum absolute atomic E-state index is 12.5. The van der Waals surface area contributed by atoms with Crippen molar-refractivity contribution in [2.24, 2.45) is 0 Å². The summed E-state index contributed by atoms with van der Waals surface area (Å²) in [5, 5.41) is 11.3. The van der Waals surface area contributed by atoms with Gasteiger partial charge in [0, 0.05) is 12.8 Å². The van der Waals surface area contributed by atoms with Gasteiger partial charge in [-0.3, -0.25) is 4.79 Å². The summed E-state index contributed by atoms with van der Waals surface area (Å²) in [6.45, 7) is 2.87. The number of hydrogen-bond donors (Lipinski definition) is 1. The largest absolute Gasteiger partial charge is 0.491 e. The molecule has 1 aromatic heterocycles. The van der Waals surface area contributed by atoms with Crippen molar-refractivity contribution in [1.29, 1.82) is 0 Å². The van der Waals surface area contributed by atoms with Crippen LogP contribution >= 0.6 is 11.6 Å². The molecule has 0 aliphatic rings. The standard InChI is InChI=1S/C19H19ClN4O3/c1-13-11-14(27-10-9-26-2)7-8-16(13)21-19(25)17-12-24(23-22-17)18-6-4-3-5-15(18)20/h3-8,11-12H,9-10H2,1-2H3,(H,21,25). The summed E-state index contributed by atoms with van der Waals surface area (Å²) in [7, 11) is 1.62. The van der Waals surface area contributed by atoms with Crippen molar-refractivity contribution in [2.45, 2.75) is 6.92 Å². The minimum atomic E-state index is -0.357. The number of benzene rings is 2. The van der Waals surface area contributed by atoms with E-state index in [1.807, 2.05) is 25.1 Å². The van der Waals surface area contributed by atoms with Gasteiger partial charge in [-0.25, -0.2) is 4.68 Å². The molecular formula is C19H19ClN4O3. The summed E-state index contributed by atoms with van der Waals surface area (Å²) in [6.07, 6.45) is 1.54. The van der Waals surface area contributed by atoms with Crippen molar-refractivity contribution in [3.63, 3.8) is 0 Å². The van der Waals surface area contributed by atoms with Gasteiger partial charge in [-0.2, -0.15) is 0 Å². The van der Waals surface area contributed by atoms with Crippen molar-refractivity contribution >= 4 is 23.2 Å². The highest BCUT2D eigenvalue weighted by Gasteiger charge is 2.14. The van der Waals surface area contributed by atoms with E-state index < -0.39 is 0 Å². The van der Waals surface area contributed by atoms with Crippen molar-refractivity contribution in [2.75, 3.05) is 25.6 Å². The molecule has 7 nitrogen and oxygen atoms in total. The molecule has 140 valence electrons. The number of nitrogens with zero attached hydrogens (tertiary/aromatic N) is 3. The van der Waals surface area contributed by atoms with E-state index >= 15 is 0 Å². The van der Waals surface area contributed by atoms with Crippen LogP contribution < -0.4 is 10.1 Å². The fourth-order valence-corrected chi connectivity index (χ4v) is 2.64. The maximum Gasteiger partial charge on any atom is 0.277 e. The van der Waals surface area contributed by atoms with E-state index in [1.54, 1.807) is 31.4 Å². The average Bonchev–Trinajstić information content (AvgIpc) is 3.14. The molecule has 0 saturated heterocycles. The van der Waals surface area contributed by atoms with E-state index in [0.717, 1.165) is 5.56 Å². The minimum absolute atomic E-state index is 0.190. The SMILES string of the molecule is COCCOc1ccc(NC(=O)c2cn(-c3ccccc3Cl)nn2)c(C)c1. The Balaban J connectivity index is 1.70. The van der Waals surface area contributed by atoms with Crippen LogP contribution in [0.15, 0.2) is 48.7 Å². The topological polar surface area (TPSA) is 78.3 Å². The number of nitrogens with one attached hydrogen (secondary N) is 1. The van der Waals surface area contributed by atoms with Crippen molar-refractivity contribution in [1.82, 2.24) is 15.0 Å². The van der Waals surface area contributed by atoms with Crippen LogP contribution in [-0.4, -0.2) is 41.2 Å². The van der Waals surface area contributed by atoms with Gasteiger partial charge in [0.1, 0.15) is 12.4 Å². The Morgan fingerprint density at radius 2 is 2.04 bits per heavy atom. The summed E-state index contributed by atoms with van der Waals surface area (Å²) in [5.74, 6) is 0.358. The zero-order valence-corrected chi connectivity index (χ0v) is 15.7. The first-order chi connectivity index (χ1) is 13.1. The van der Waals surface area contributed by atoms with Gasteiger partial charge in [0.2, 0.25) is 0 Å². The number of aryl methyl sites for hydroxylation is 1. The molecule has 1 N–H and O–H groups in total. The van der Waals surface area contributed by atoms with Crippen LogP contribution in [0.4, 0.5) is 5.69 Å². The molecule has 0 aliphatic heterocycles. The molecule has 3 rings (SSSR count). The highest BCUT2D eigenvalue weighted by atomic mass is 35.5. The summed E-state index contributed by atoms with van der Waals surface area (Å²) >= 11 is 6.15. The van der Waals surface area contributed by atoms with E-state index in [9.17, 15) is 4.79 Å². The zero-order chi connectivity index (χ0) is 19.2. The predicted molar refractivity (Wildman–Crippen MR) is 103 cm³/mol. The van der Waals surface area contributed by atoms with E-state index in [-0.39, 0.29) is 11.6 Å². The van der Waals surface area contributed by atoms with Crippen molar-refractivity contribution in [3.8, 4) is 11.4 Å². The molecule has 0 radical (unpaired) electrons. The van der Waals surface area contributed by atoms with Gasteiger partial charge < -0.3 is 14.8 Å². The monoisotopic (exact) mass is 386 g/mol. The number of carbonyl (C=O) groups excluding carboxylic acids is 1. The number of para-hydroxylation sites is 1. The number of halogens is 1. The third kappa shape index (κ3) is 4.64. The average molecular weight is 387 g/mol. The third-order valence-corrected chi connectivity index (χ3v) is 4.15. The molecule has 2 aromatic carbocycles. The fourth-order valence-electron chi connectivity index (χ4n) is 2.42. The first-order valence-electron chi connectivity index (χ1n) is 8.29. The molecule has 0 bridgehead atoms. The van der Waals surface area contributed by atoms with Crippen molar-refractivity contribution in [3.05, 3.63) is 64.9 Å². The number of anilines is 1. The molecular weight excluding hydrogens is 368 g/mol. The Hall–Kier alpha value is -2.90. The quantitative estimate of drug-likeness (QED) is 0.629. The molecule has 1 heterocycles. The molecule has 0 unspecified atom stereocenters. The lowest BCUT2D eigenvalue weighted by atomic mass is 10.2. The van der Waals surface area contributed by atoms with Crippen LogP contribution in [0.5, 0.6) is 5.75 Å². The molecule has 0 aliphatic carbocycles. The Labute approximate surface area is 161 Å². The Kier molecular flexibility index (Phi) is 6.05. The normalized spacial score (nSPS) is 10.6. The number of rotatable bonds is 7. The first-order valence-corrected chi connectivity index (χ1v) is 8.67. The second kappa shape index (κ2) is 8.66. The van der Waals surface area contributed by atoms with Crippen molar-refractivity contribution < 1.29 is 14.3 Å². The number of methoxy groups -OCH3 is 1. The smallest absolute Gasteiger partial charge is 0.277 e. The van der Waals surface area contributed by atoms with E-state index in [0.29, 0.717) is 35.4 Å². The first kappa shape index (κ1) is 18.9. The Morgan fingerprint density at radius 3 is 2.78 bits per heavy atom. The number of ether oxygens (including phenoxy) is 2. The molecule has 0 fully saturated rings. The van der Waals surface area contributed by atoms with Gasteiger partial charge in [-0.05, 0) is 42.8 Å². The molecule has 8 heteroatoms. The van der Waals surface area contributed by atoms with Crippen LogP contribution in [0.1, 0.15) is 16.1 Å². The lowest BCUT2D eigenvalue weighted by Crippen LogP contribution is -2.13. The molecule has 1 amide bonds. The van der Waals surface area contributed by atoms with Gasteiger partial charge in [-0.1, -0.05) is 28.9 Å². The van der Waals surface area contributed by atoms with Crippen LogP contribution in [0.25, 0.3) is 5.69 Å². The van der Waals surface area contributed by atoms with Crippen LogP contribution in [0.3, 0.4) is 0 Å². The van der Waals surface area contributed by atoms with E-state index in [1.165, 1.54) is 10.9 Å². The van der Waals surface area contributed by atoms with Gasteiger partial charge in [0.05, 0.1) is 23.5 Å². The van der Waals surface area contributed by atoms with E-state index in [2.05, 4.69) is 15.6 Å². The third-order valence-electron chi connectivity index (χ3n) is 3.83. The van der Waals surface area contributed by atoms with Gasteiger partial charge in [0.15, 0.2) is 5.69 Å². The molecule has 0 saturated carbocycles. The summed E-state index contributed by atoms with van der Waals surface area (Å²) in [4.78, 5) is 12.5.